The smallest absolute Gasteiger partial charge is 0.271 e. The minimum absolute atomic E-state index is 0.108. The van der Waals surface area contributed by atoms with Crippen LogP contribution in [-0.2, 0) is 4.79 Å². The van der Waals surface area contributed by atoms with E-state index in [0.29, 0.717) is 11.3 Å². The first kappa shape index (κ1) is 18.6. The number of hydrazone groups is 1. The lowest BCUT2D eigenvalue weighted by molar-refractivity contribution is -0.384. The number of ether oxygens (including phenoxy) is 1. The first-order valence-corrected chi connectivity index (χ1v) is 7.42. The van der Waals surface area contributed by atoms with E-state index in [4.69, 9.17) is 4.74 Å². The van der Waals surface area contributed by atoms with Crippen LogP contribution in [0.25, 0.3) is 0 Å². The number of carboxylic acids is 1. The molecule has 1 amide bonds. The SMILES string of the molecule is C[C@H](Oc1ccc(/C=N\NC(=O)c2cccc([N+](=O)[O-])c2)cc1)C(=O)[O-]. The van der Waals surface area contributed by atoms with Gasteiger partial charge in [-0.25, -0.2) is 5.43 Å². The standard InChI is InChI=1S/C17H15N3O6/c1-11(17(22)23)26-15-7-5-12(6-8-15)10-18-19-16(21)13-3-2-4-14(9-13)20(24)25/h2-11H,1H3,(H,19,21)(H,22,23)/p-1/b18-10-/t11-/m0/s1. The van der Waals surface area contributed by atoms with Crippen molar-refractivity contribution in [2.24, 2.45) is 5.10 Å². The average molecular weight is 356 g/mol. The number of hydrogen-bond acceptors (Lipinski definition) is 7. The topological polar surface area (TPSA) is 134 Å². The minimum Gasteiger partial charge on any atom is -0.546 e. The van der Waals surface area contributed by atoms with Crippen molar-refractivity contribution in [3.05, 3.63) is 69.8 Å². The molecule has 0 aliphatic carbocycles. The van der Waals surface area contributed by atoms with Gasteiger partial charge >= 0.3 is 0 Å². The number of carbonyl (C=O) groups excluding carboxylic acids is 2. The predicted octanol–water partition coefficient (Wildman–Crippen LogP) is 0.876. The summed E-state index contributed by atoms with van der Waals surface area (Å²) in [6.07, 6.45) is 0.282. The first-order valence-electron chi connectivity index (χ1n) is 7.42. The highest BCUT2D eigenvalue weighted by Crippen LogP contribution is 2.14. The zero-order chi connectivity index (χ0) is 19.1. The van der Waals surface area contributed by atoms with Gasteiger partial charge in [-0.15, -0.1) is 0 Å². The number of non-ortho nitro benzene ring substituents is 1. The Hall–Kier alpha value is -3.75. The fourth-order valence-corrected chi connectivity index (χ4v) is 1.88. The summed E-state index contributed by atoms with van der Waals surface area (Å²) < 4.78 is 5.13. The number of nitrogens with zero attached hydrogens (tertiary/aromatic N) is 2. The number of amides is 1. The molecule has 0 aliphatic rings. The summed E-state index contributed by atoms with van der Waals surface area (Å²) in [6, 6.07) is 11.6. The van der Waals surface area contributed by atoms with E-state index in [-0.39, 0.29) is 11.3 Å². The van der Waals surface area contributed by atoms with Crippen LogP contribution in [0.15, 0.2) is 53.6 Å². The van der Waals surface area contributed by atoms with E-state index in [2.05, 4.69) is 10.5 Å². The van der Waals surface area contributed by atoms with Gasteiger partial charge < -0.3 is 14.6 Å². The van der Waals surface area contributed by atoms with E-state index >= 15 is 0 Å². The molecule has 1 atom stereocenters. The number of rotatable bonds is 7. The lowest BCUT2D eigenvalue weighted by Crippen LogP contribution is -2.37. The van der Waals surface area contributed by atoms with Crippen molar-refractivity contribution in [2.75, 3.05) is 0 Å². The van der Waals surface area contributed by atoms with Gasteiger partial charge in [-0.1, -0.05) is 6.07 Å². The largest absolute Gasteiger partial charge is 0.546 e. The Kier molecular flexibility index (Phi) is 5.99. The normalized spacial score (nSPS) is 11.7. The van der Waals surface area contributed by atoms with Gasteiger partial charge in [0.2, 0.25) is 0 Å². The molecule has 0 aliphatic heterocycles. The molecule has 0 heterocycles. The molecule has 2 rings (SSSR count). The van der Waals surface area contributed by atoms with Crippen LogP contribution in [0, 0.1) is 10.1 Å². The molecular formula is C17H14N3O6-. The van der Waals surface area contributed by atoms with Crippen molar-refractivity contribution >= 4 is 23.8 Å². The maximum Gasteiger partial charge on any atom is 0.271 e. The molecule has 134 valence electrons. The third-order valence-corrected chi connectivity index (χ3v) is 3.22. The molecule has 0 spiro atoms. The Labute approximate surface area is 148 Å². The second-order valence-corrected chi connectivity index (χ2v) is 5.15. The number of nitro groups is 1. The number of carbonyl (C=O) groups is 2. The summed E-state index contributed by atoms with van der Waals surface area (Å²) >= 11 is 0. The van der Waals surface area contributed by atoms with Crippen molar-refractivity contribution in [1.82, 2.24) is 5.43 Å². The quantitative estimate of drug-likeness (QED) is 0.444. The van der Waals surface area contributed by atoms with Gasteiger partial charge in [0.15, 0.2) is 0 Å². The van der Waals surface area contributed by atoms with Crippen LogP contribution >= 0.6 is 0 Å². The van der Waals surface area contributed by atoms with Gasteiger partial charge in [0.1, 0.15) is 11.9 Å². The van der Waals surface area contributed by atoms with E-state index < -0.39 is 22.9 Å². The Balaban J connectivity index is 1.95. The molecule has 0 radical (unpaired) electrons. The molecule has 0 saturated heterocycles. The molecule has 9 nitrogen and oxygen atoms in total. The summed E-state index contributed by atoms with van der Waals surface area (Å²) in [6.45, 7) is 1.36. The van der Waals surface area contributed by atoms with Crippen molar-refractivity contribution in [3.8, 4) is 5.75 Å². The maximum atomic E-state index is 11.9. The number of nitrogens with one attached hydrogen (secondary N) is 1. The zero-order valence-electron chi connectivity index (χ0n) is 13.6. The molecule has 0 bridgehead atoms. The lowest BCUT2D eigenvalue weighted by atomic mass is 10.2. The van der Waals surface area contributed by atoms with E-state index in [1.807, 2.05) is 0 Å². The number of aliphatic carboxylic acids is 1. The van der Waals surface area contributed by atoms with Gasteiger partial charge in [0, 0.05) is 17.7 Å². The van der Waals surface area contributed by atoms with Gasteiger partial charge in [-0.2, -0.15) is 5.10 Å². The summed E-state index contributed by atoms with van der Waals surface area (Å²) in [7, 11) is 0. The van der Waals surface area contributed by atoms with Crippen molar-refractivity contribution < 1.29 is 24.4 Å². The van der Waals surface area contributed by atoms with Crippen LogP contribution < -0.4 is 15.3 Å². The second-order valence-electron chi connectivity index (χ2n) is 5.15. The highest BCUT2D eigenvalue weighted by molar-refractivity contribution is 5.95. The molecule has 1 N–H and O–H groups in total. The number of benzene rings is 2. The number of carboxylic acid groups (broad SMARTS) is 1. The fourth-order valence-electron chi connectivity index (χ4n) is 1.88. The highest BCUT2D eigenvalue weighted by atomic mass is 16.6. The summed E-state index contributed by atoms with van der Waals surface area (Å²) in [5.41, 5.74) is 2.81. The monoisotopic (exact) mass is 356 g/mol. The lowest BCUT2D eigenvalue weighted by Gasteiger charge is -2.15. The van der Waals surface area contributed by atoms with E-state index in [0.717, 1.165) is 6.07 Å². The number of nitro benzene ring substituents is 1. The predicted molar refractivity (Wildman–Crippen MR) is 89.7 cm³/mol. The minimum atomic E-state index is -1.32. The molecule has 2 aromatic carbocycles. The summed E-state index contributed by atoms with van der Waals surface area (Å²) in [4.78, 5) is 32.6. The molecule has 0 fully saturated rings. The van der Waals surface area contributed by atoms with E-state index in [1.54, 1.807) is 24.3 Å². The molecule has 9 heteroatoms. The summed E-state index contributed by atoms with van der Waals surface area (Å²) in [5, 5.41) is 25.1. The third-order valence-electron chi connectivity index (χ3n) is 3.22. The van der Waals surface area contributed by atoms with Crippen LogP contribution in [0.1, 0.15) is 22.8 Å². The Morgan fingerprint density at radius 2 is 1.92 bits per heavy atom. The second kappa shape index (κ2) is 8.38. The molecular weight excluding hydrogens is 342 g/mol. The van der Waals surface area contributed by atoms with Gasteiger partial charge in [0.05, 0.1) is 17.1 Å². The van der Waals surface area contributed by atoms with Crippen LogP contribution in [0.2, 0.25) is 0 Å². The van der Waals surface area contributed by atoms with Gasteiger partial charge in [-0.3, -0.25) is 14.9 Å². The number of hydrogen-bond donors (Lipinski definition) is 1. The first-order chi connectivity index (χ1) is 12.4. The van der Waals surface area contributed by atoms with E-state index in [9.17, 15) is 24.8 Å². The molecule has 0 aromatic heterocycles. The van der Waals surface area contributed by atoms with Crippen molar-refractivity contribution in [2.45, 2.75) is 13.0 Å². The molecule has 2 aromatic rings. The molecule has 0 saturated carbocycles. The Morgan fingerprint density at radius 3 is 2.54 bits per heavy atom. The zero-order valence-corrected chi connectivity index (χ0v) is 13.6. The van der Waals surface area contributed by atoms with Crippen LogP contribution in [-0.4, -0.2) is 29.1 Å². The van der Waals surface area contributed by atoms with Crippen molar-refractivity contribution in [3.63, 3.8) is 0 Å². The molecule has 0 unspecified atom stereocenters. The van der Waals surface area contributed by atoms with Crippen LogP contribution in [0.5, 0.6) is 5.75 Å². The molecule has 26 heavy (non-hydrogen) atoms. The van der Waals surface area contributed by atoms with Crippen LogP contribution in [0.3, 0.4) is 0 Å². The van der Waals surface area contributed by atoms with Gasteiger partial charge in [0.25, 0.3) is 11.6 Å². The fraction of sp³-hybridized carbons (Fsp3) is 0.118. The van der Waals surface area contributed by atoms with Crippen molar-refractivity contribution in [1.29, 1.82) is 0 Å². The Morgan fingerprint density at radius 1 is 1.23 bits per heavy atom. The average Bonchev–Trinajstić information content (AvgIpc) is 2.63. The van der Waals surface area contributed by atoms with E-state index in [1.165, 1.54) is 31.3 Å². The third kappa shape index (κ3) is 5.13. The highest BCUT2D eigenvalue weighted by Gasteiger charge is 2.10. The maximum absolute atomic E-state index is 11.9. The van der Waals surface area contributed by atoms with Gasteiger partial charge in [-0.05, 0) is 42.8 Å². The van der Waals surface area contributed by atoms with Crippen LogP contribution in [0.4, 0.5) is 5.69 Å². The Bertz CT molecular complexity index is 848. The summed E-state index contributed by atoms with van der Waals surface area (Å²) in [5.74, 6) is -1.56.